The Kier molecular flexibility index (Phi) is 4.05. The number of piperidine rings is 1. The fourth-order valence-electron chi connectivity index (χ4n) is 2.72. The van der Waals surface area contributed by atoms with Crippen molar-refractivity contribution in [1.29, 1.82) is 0 Å². The molecule has 0 radical (unpaired) electrons. The molecule has 0 bridgehead atoms. The van der Waals surface area contributed by atoms with E-state index in [9.17, 15) is 8.42 Å². The predicted octanol–water partition coefficient (Wildman–Crippen LogP) is 0.734. The lowest BCUT2D eigenvalue weighted by Crippen LogP contribution is -2.48. The Morgan fingerprint density at radius 1 is 1.19 bits per heavy atom. The van der Waals surface area contributed by atoms with Gasteiger partial charge in [-0.3, -0.25) is 0 Å². The lowest BCUT2D eigenvalue weighted by Gasteiger charge is -2.28. The van der Waals surface area contributed by atoms with Gasteiger partial charge >= 0.3 is 0 Å². The molecule has 6 nitrogen and oxygen atoms in total. The Labute approximate surface area is 124 Å². The van der Waals surface area contributed by atoms with Crippen molar-refractivity contribution in [2.24, 2.45) is 5.92 Å². The molecule has 7 heteroatoms. The van der Waals surface area contributed by atoms with Crippen LogP contribution in [0.3, 0.4) is 0 Å². The van der Waals surface area contributed by atoms with Crippen molar-refractivity contribution < 1.29 is 17.9 Å². The van der Waals surface area contributed by atoms with Crippen molar-refractivity contribution >= 4 is 10.0 Å². The Morgan fingerprint density at radius 2 is 1.95 bits per heavy atom. The second-order valence-corrected chi connectivity index (χ2v) is 7.34. The van der Waals surface area contributed by atoms with Crippen LogP contribution in [0.25, 0.3) is 0 Å². The molecule has 3 rings (SSSR count). The van der Waals surface area contributed by atoms with E-state index in [4.69, 9.17) is 9.47 Å². The summed E-state index contributed by atoms with van der Waals surface area (Å²) in [6, 6.07) is 4.64. The fourth-order valence-corrected chi connectivity index (χ4v) is 3.99. The maximum atomic E-state index is 12.5. The number of hydrogen-bond acceptors (Lipinski definition) is 5. The minimum Gasteiger partial charge on any atom is -0.486 e. The Balaban J connectivity index is 1.78. The highest BCUT2D eigenvalue weighted by Gasteiger charge is 2.25. The van der Waals surface area contributed by atoms with Crippen molar-refractivity contribution in [3.05, 3.63) is 18.2 Å². The molecule has 2 aliphatic heterocycles. The SMILES string of the molecule is CC1CNCC(NS(=O)(=O)c2ccc3c(c2)OCCO3)C1. The molecule has 1 aromatic rings. The van der Waals surface area contributed by atoms with Crippen LogP contribution in [0.4, 0.5) is 0 Å². The smallest absolute Gasteiger partial charge is 0.241 e. The largest absolute Gasteiger partial charge is 0.486 e. The average Bonchev–Trinajstić information content (AvgIpc) is 2.46. The molecule has 0 aliphatic carbocycles. The summed E-state index contributed by atoms with van der Waals surface area (Å²) in [5.74, 6) is 1.54. The zero-order valence-corrected chi connectivity index (χ0v) is 12.8. The molecule has 21 heavy (non-hydrogen) atoms. The quantitative estimate of drug-likeness (QED) is 0.861. The van der Waals surface area contributed by atoms with E-state index in [0.29, 0.717) is 37.2 Å². The van der Waals surface area contributed by atoms with Crippen LogP contribution in [0.2, 0.25) is 0 Å². The van der Waals surface area contributed by atoms with Crippen molar-refractivity contribution in [2.45, 2.75) is 24.3 Å². The first-order valence-corrected chi connectivity index (χ1v) is 8.65. The second kappa shape index (κ2) is 5.82. The van der Waals surface area contributed by atoms with Gasteiger partial charge in [0.25, 0.3) is 0 Å². The minimum absolute atomic E-state index is 0.0769. The fraction of sp³-hybridized carbons (Fsp3) is 0.571. The number of rotatable bonds is 3. The Morgan fingerprint density at radius 3 is 2.71 bits per heavy atom. The van der Waals surface area contributed by atoms with Gasteiger partial charge in [-0.15, -0.1) is 0 Å². The van der Waals surface area contributed by atoms with Gasteiger partial charge in [-0.25, -0.2) is 13.1 Å². The van der Waals surface area contributed by atoms with Gasteiger partial charge in [0.2, 0.25) is 10.0 Å². The van der Waals surface area contributed by atoms with Crippen LogP contribution >= 0.6 is 0 Å². The third kappa shape index (κ3) is 3.30. The first-order valence-electron chi connectivity index (χ1n) is 7.17. The number of nitrogens with one attached hydrogen (secondary N) is 2. The van der Waals surface area contributed by atoms with E-state index >= 15 is 0 Å². The van der Waals surface area contributed by atoms with Crippen LogP contribution in [0.1, 0.15) is 13.3 Å². The zero-order chi connectivity index (χ0) is 14.9. The zero-order valence-electron chi connectivity index (χ0n) is 12.0. The lowest BCUT2D eigenvalue weighted by molar-refractivity contribution is 0.171. The molecule has 2 heterocycles. The van der Waals surface area contributed by atoms with Crippen LogP contribution in [0, 0.1) is 5.92 Å². The average molecular weight is 312 g/mol. The predicted molar refractivity (Wildman–Crippen MR) is 78.2 cm³/mol. The summed E-state index contributed by atoms with van der Waals surface area (Å²) in [6.45, 7) is 4.63. The van der Waals surface area contributed by atoms with E-state index in [1.54, 1.807) is 12.1 Å². The van der Waals surface area contributed by atoms with Gasteiger partial charge < -0.3 is 14.8 Å². The molecule has 2 unspecified atom stereocenters. The van der Waals surface area contributed by atoms with Crippen LogP contribution in [0.15, 0.2) is 23.1 Å². The highest BCUT2D eigenvalue weighted by Crippen LogP contribution is 2.32. The summed E-state index contributed by atoms with van der Waals surface area (Å²) in [5, 5.41) is 3.24. The van der Waals surface area contributed by atoms with Crippen molar-refractivity contribution in [1.82, 2.24) is 10.0 Å². The van der Waals surface area contributed by atoms with Gasteiger partial charge in [-0.2, -0.15) is 0 Å². The molecule has 0 spiro atoms. The van der Waals surface area contributed by atoms with Crippen LogP contribution < -0.4 is 19.5 Å². The molecule has 0 saturated carbocycles. The second-order valence-electron chi connectivity index (χ2n) is 5.62. The van der Waals surface area contributed by atoms with E-state index in [2.05, 4.69) is 17.0 Å². The van der Waals surface area contributed by atoms with E-state index < -0.39 is 10.0 Å². The Bertz CT molecular complexity index is 617. The highest BCUT2D eigenvalue weighted by atomic mass is 32.2. The van der Waals surface area contributed by atoms with Crippen LogP contribution in [-0.4, -0.2) is 40.8 Å². The third-order valence-electron chi connectivity index (χ3n) is 3.72. The summed E-state index contributed by atoms with van der Waals surface area (Å²) in [6.07, 6.45) is 0.844. The molecular weight excluding hydrogens is 292 g/mol. The minimum atomic E-state index is -3.54. The molecule has 0 aromatic heterocycles. The number of hydrogen-bond donors (Lipinski definition) is 2. The maximum Gasteiger partial charge on any atom is 0.241 e. The number of sulfonamides is 1. The normalized spacial score (nSPS) is 25.6. The van der Waals surface area contributed by atoms with Crippen LogP contribution in [0.5, 0.6) is 11.5 Å². The van der Waals surface area contributed by atoms with Gasteiger partial charge in [-0.1, -0.05) is 6.92 Å². The molecule has 2 aliphatic rings. The van der Waals surface area contributed by atoms with Crippen molar-refractivity contribution in [2.75, 3.05) is 26.3 Å². The van der Waals surface area contributed by atoms with Gasteiger partial charge in [0.1, 0.15) is 13.2 Å². The van der Waals surface area contributed by atoms with E-state index in [1.807, 2.05) is 0 Å². The van der Waals surface area contributed by atoms with Gasteiger partial charge in [0.15, 0.2) is 11.5 Å². The van der Waals surface area contributed by atoms with Crippen molar-refractivity contribution in [3.63, 3.8) is 0 Å². The molecule has 1 aromatic carbocycles. The summed E-state index contributed by atoms with van der Waals surface area (Å²) in [7, 11) is -3.54. The Hall–Kier alpha value is -1.31. The van der Waals surface area contributed by atoms with Crippen molar-refractivity contribution in [3.8, 4) is 11.5 Å². The topological polar surface area (TPSA) is 76.7 Å². The molecule has 2 N–H and O–H groups in total. The van der Waals surface area contributed by atoms with E-state index in [-0.39, 0.29) is 10.9 Å². The van der Waals surface area contributed by atoms with E-state index in [0.717, 1.165) is 13.0 Å². The molecule has 1 fully saturated rings. The number of benzene rings is 1. The molecule has 0 amide bonds. The van der Waals surface area contributed by atoms with Gasteiger partial charge in [0, 0.05) is 18.7 Å². The first-order chi connectivity index (χ1) is 10.0. The highest BCUT2D eigenvalue weighted by molar-refractivity contribution is 7.89. The molecular formula is C14H20N2O4S. The third-order valence-corrected chi connectivity index (χ3v) is 5.23. The molecule has 2 atom stereocenters. The van der Waals surface area contributed by atoms with Gasteiger partial charge in [0.05, 0.1) is 4.90 Å². The van der Waals surface area contributed by atoms with Gasteiger partial charge in [-0.05, 0) is 31.0 Å². The first kappa shape index (κ1) is 14.6. The molecule has 116 valence electrons. The summed E-state index contributed by atoms with van der Waals surface area (Å²) in [4.78, 5) is 0.213. The number of fused-ring (bicyclic) bond motifs is 1. The maximum absolute atomic E-state index is 12.5. The summed E-state index contributed by atoms with van der Waals surface area (Å²) >= 11 is 0. The summed E-state index contributed by atoms with van der Waals surface area (Å²) < 4.78 is 38.5. The standard InChI is InChI=1S/C14H20N2O4S/c1-10-6-11(9-15-8-10)16-21(17,18)12-2-3-13-14(7-12)20-5-4-19-13/h2-3,7,10-11,15-16H,4-6,8-9H2,1H3. The lowest BCUT2D eigenvalue weighted by atomic mass is 9.99. The summed E-state index contributed by atoms with van der Waals surface area (Å²) in [5.41, 5.74) is 0. The molecule has 1 saturated heterocycles. The monoisotopic (exact) mass is 312 g/mol. The van der Waals surface area contributed by atoms with E-state index in [1.165, 1.54) is 6.07 Å². The van der Waals surface area contributed by atoms with Crippen LogP contribution in [-0.2, 0) is 10.0 Å². The number of ether oxygens (including phenoxy) is 2.